The molecule has 2 unspecified atom stereocenters. The van der Waals surface area contributed by atoms with Crippen LogP contribution in [0.25, 0.3) is 28.4 Å². The van der Waals surface area contributed by atoms with Crippen molar-refractivity contribution in [1.29, 1.82) is 0 Å². The molecule has 0 bridgehead atoms. The molecule has 2 atom stereocenters. The van der Waals surface area contributed by atoms with Crippen molar-refractivity contribution in [1.82, 2.24) is 0 Å². The molecular weight excluding hydrogens is 635 g/mol. The van der Waals surface area contributed by atoms with E-state index in [0.717, 1.165) is 39.0 Å². The molecule has 7 nitrogen and oxygen atoms in total. The number of furan rings is 1. The molecule has 254 valence electrons. The molecule has 5 rings (SSSR count). The Kier molecular flexibility index (Phi) is 11.0. The maximum atomic E-state index is 14.2. The SMILES string of the molecule is CCC(c1ccc(C(=O)CCCS(=O)(=O)O)cc1)C(C(=O)Nc1ccc(-c2cc3ccccc3o2)cc1)c1ccc(/C=C/C(C)(C)C)cc1. The molecule has 1 heterocycles. The zero-order valence-electron chi connectivity index (χ0n) is 28.3. The topological polar surface area (TPSA) is 114 Å². The second-order valence-corrected chi connectivity index (χ2v) is 15.1. The maximum Gasteiger partial charge on any atom is 0.264 e. The smallest absolute Gasteiger partial charge is 0.264 e. The molecule has 0 spiro atoms. The van der Waals surface area contributed by atoms with Gasteiger partial charge in [-0.2, -0.15) is 8.42 Å². The van der Waals surface area contributed by atoms with Crippen molar-refractivity contribution in [2.75, 3.05) is 11.1 Å². The summed E-state index contributed by atoms with van der Waals surface area (Å²) in [5.74, 6) is -0.788. The summed E-state index contributed by atoms with van der Waals surface area (Å²) in [7, 11) is -4.12. The van der Waals surface area contributed by atoms with E-state index in [2.05, 4.69) is 38.2 Å². The minimum atomic E-state index is -4.12. The largest absolute Gasteiger partial charge is 0.456 e. The Balaban J connectivity index is 1.40. The van der Waals surface area contributed by atoms with Crippen LogP contribution in [0.5, 0.6) is 0 Å². The summed E-state index contributed by atoms with van der Waals surface area (Å²) in [6.45, 7) is 8.48. The zero-order chi connectivity index (χ0) is 35.2. The van der Waals surface area contributed by atoms with Crippen LogP contribution in [-0.4, -0.2) is 30.4 Å². The van der Waals surface area contributed by atoms with Crippen LogP contribution in [0.3, 0.4) is 0 Å². The van der Waals surface area contributed by atoms with Gasteiger partial charge in [0, 0.05) is 28.6 Å². The molecule has 0 aliphatic carbocycles. The third-order valence-electron chi connectivity index (χ3n) is 8.53. The van der Waals surface area contributed by atoms with Crippen molar-refractivity contribution in [2.45, 2.75) is 58.8 Å². The Labute approximate surface area is 288 Å². The van der Waals surface area contributed by atoms with Gasteiger partial charge in [-0.15, -0.1) is 0 Å². The number of allylic oxidation sites excluding steroid dienone is 1. The van der Waals surface area contributed by atoms with E-state index in [1.807, 2.05) is 97.9 Å². The number of ketones is 1. The van der Waals surface area contributed by atoms with Gasteiger partial charge in [0.15, 0.2) is 5.78 Å². The highest BCUT2D eigenvalue weighted by Crippen LogP contribution is 2.38. The van der Waals surface area contributed by atoms with Gasteiger partial charge >= 0.3 is 0 Å². The number of para-hydroxylation sites is 1. The fourth-order valence-electron chi connectivity index (χ4n) is 5.93. The van der Waals surface area contributed by atoms with Crippen LogP contribution in [0.2, 0.25) is 0 Å². The molecule has 0 aliphatic heterocycles. The molecule has 4 aromatic carbocycles. The first kappa shape index (κ1) is 35.5. The summed E-state index contributed by atoms with van der Waals surface area (Å²) in [4.78, 5) is 26.9. The van der Waals surface area contributed by atoms with E-state index in [1.165, 1.54) is 0 Å². The quantitative estimate of drug-likeness (QED) is 0.0947. The van der Waals surface area contributed by atoms with Crippen LogP contribution < -0.4 is 5.32 Å². The Morgan fingerprint density at radius 3 is 2.14 bits per heavy atom. The predicted molar refractivity (Wildman–Crippen MR) is 197 cm³/mol. The highest BCUT2D eigenvalue weighted by atomic mass is 32.2. The van der Waals surface area contributed by atoms with Gasteiger partial charge in [0.05, 0.1) is 11.7 Å². The molecule has 2 N–H and O–H groups in total. The van der Waals surface area contributed by atoms with E-state index in [0.29, 0.717) is 17.7 Å². The number of nitrogens with one attached hydrogen (secondary N) is 1. The average molecular weight is 678 g/mol. The minimum Gasteiger partial charge on any atom is -0.456 e. The van der Waals surface area contributed by atoms with Crippen LogP contribution >= 0.6 is 0 Å². The number of hydrogen-bond donors (Lipinski definition) is 2. The Morgan fingerprint density at radius 1 is 0.878 bits per heavy atom. The predicted octanol–water partition coefficient (Wildman–Crippen LogP) is 9.93. The number of rotatable bonds is 13. The number of carbonyl (C=O) groups is 2. The number of Topliss-reactive ketones (excluding diaryl/α,β-unsaturated/α-hetero) is 1. The Bertz CT molecular complexity index is 2000. The van der Waals surface area contributed by atoms with Gasteiger partial charge in [0.2, 0.25) is 5.91 Å². The van der Waals surface area contributed by atoms with Crippen molar-refractivity contribution in [3.8, 4) is 11.3 Å². The van der Waals surface area contributed by atoms with Gasteiger partial charge in [-0.1, -0.05) is 107 Å². The molecule has 49 heavy (non-hydrogen) atoms. The lowest BCUT2D eigenvalue weighted by Gasteiger charge is -2.27. The number of benzene rings is 4. The Morgan fingerprint density at radius 2 is 1.53 bits per heavy atom. The molecule has 1 amide bonds. The van der Waals surface area contributed by atoms with Gasteiger partial charge in [-0.05, 0) is 77.3 Å². The molecule has 0 fully saturated rings. The second kappa shape index (κ2) is 15.2. The third-order valence-corrected chi connectivity index (χ3v) is 9.33. The zero-order valence-corrected chi connectivity index (χ0v) is 29.2. The number of fused-ring (bicyclic) bond motifs is 1. The van der Waals surface area contributed by atoms with Crippen LogP contribution in [-0.2, 0) is 14.9 Å². The first-order chi connectivity index (χ1) is 23.3. The molecule has 0 aliphatic rings. The van der Waals surface area contributed by atoms with E-state index < -0.39 is 21.8 Å². The van der Waals surface area contributed by atoms with Gasteiger partial charge < -0.3 is 9.73 Å². The van der Waals surface area contributed by atoms with E-state index in [9.17, 15) is 18.0 Å². The lowest BCUT2D eigenvalue weighted by Crippen LogP contribution is -2.26. The van der Waals surface area contributed by atoms with Crippen molar-refractivity contribution in [3.63, 3.8) is 0 Å². The van der Waals surface area contributed by atoms with Crippen molar-refractivity contribution < 1.29 is 27.0 Å². The molecule has 8 heteroatoms. The van der Waals surface area contributed by atoms with Crippen molar-refractivity contribution in [3.05, 3.63) is 131 Å². The lowest BCUT2D eigenvalue weighted by atomic mass is 9.78. The third kappa shape index (κ3) is 9.65. The summed E-state index contributed by atoms with van der Waals surface area (Å²) in [6.07, 6.45) is 4.95. The summed E-state index contributed by atoms with van der Waals surface area (Å²) >= 11 is 0. The van der Waals surface area contributed by atoms with Gasteiger partial charge in [-0.25, -0.2) is 0 Å². The number of anilines is 1. The maximum absolute atomic E-state index is 14.2. The molecular formula is C41H43NO6S. The summed E-state index contributed by atoms with van der Waals surface area (Å²) in [5.41, 5.74) is 5.72. The summed E-state index contributed by atoms with van der Waals surface area (Å²) < 4.78 is 37.1. The fraction of sp³-hybridized carbons (Fsp3) is 0.268. The fourth-order valence-corrected chi connectivity index (χ4v) is 6.44. The molecule has 0 saturated carbocycles. The number of carbonyl (C=O) groups excluding carboxylic acids is 2. The first-order valence-electron chi connectivity index (χ1n) is 16.6. The van der Waals surface area contributed by atoms with Crippen LogP contribution in [0.1, 0.15) is 85.8 Å². The summed E-state index contributed by atoms with van der Waals surface area (Å²) in [5, 5.41) is 4.17. The van der Waals surface area contributed by atoms with Gasteiger partial charge in [-0.3, -0.25) is 14.1 Å². The van der Waals surface area contributed by atoms with Gasteiger partial charge in [0.1, 0.15) is 11.3 Å². The highest BCUT2D eigenvalue weighted by molar-refractivity contribution is 7.85. The van der Waals surface area contributed by atoms with Crippen LogP contribution in [0.4, 0.5) is 5.69 Å². The molecule has 0 radical (unpaired) electrons. The monoisotopic (exact) mass is 677 g/mol. The van der Waals surface area contributed by atoms with E-state index >= 15 is 0 Å². The normalized spacial score (nSPS) is 13.4. The van der Waals surface area contributed by atoms with E-state index in [1.54, 1.807) is 12.1 Å². The second-order valence-electron chi connectivity index (χ2n) is 13.5. The average Bonchev–Trinajstić information content (AvgIpc) is 3.50. The van der Waals surface area contributed by atoms with Crippen LogP contribution in [0, 0.1) is 5.41 Å². The van der Waals surface area contributed by atoms with E-state index in [-0.39, 0.29) is 35.9 Å². The van der Waals surface area contributed by atoms with Crippen molar-refractivity contribution >= 4 is 44.5 Å². The standard InChI is InChI=1S/C41H43NO6S/c1-5-35(29-16-18-30(19-17-29)36(43)10-8-26-49(45,46)47)39(32-14-12-28(13-15-32)24-25-41(2,3)4)40(44)42-34-22-20-31(21-23-34)38-27-33-9-6-7-11-37(33)48-38/h6-7,9,11-25,27,35,39H,5,8,10,26H2,1-4H3,(H,42,44)(H,45,46,47)/b25-24+. The molecule has 5 aromatic rings. The first-order valence-corrected chi connectivity index (χ1v) is 18.2. The highest BCUT2D eigenvalue weighted by Gasteiger charge is 2.30. The van der Waals surface area contributed by atoms with E-state index in [4.69, 9.17) is 8.97 Å². The molecule has 0 saturated heterocycles. The Hall–Kier alpha value is -4.79. The van der Waals surface area contributed by atoms with Crippen molar-refractivity contribution in [2.24, 2.45) is 5.41 Å². The number of hydrogen-bond acceptors (Lipinski definition) is 5. The van der Waals surface area contributed by atoms with Crippen LogP contribution in [0.15, 0.2) is 114 Å². The summed E-state index contributed by atoms with van der Waals surface area (Å²) in [6, 6.07) is 32.7. The number of amides is 1. The molecule has 1 aromatic heterocycles. The van der Waals surface area contributed by atoms with Gasteiger partial charge in [0.25, 0.3) is 10.1 Å². The lowest BCUT2D eigenvalue weighted by molar-refractivity contribution is -0.118. The minimum absolute atomic E-state index is 0.00646.